The second kappa shape index (κ2) is 13.4. The van der Waals surface area contributed by atoms with Gasteiger partial charge in [0.2, 0.25) is 0 Å². The predicted octanol–water partition coefficient (Wildman–Crippen LogP) is 4.71. The van der Waals surface area contributed by atoms with Crippen molar-refractivity contribution in [1.29, 1.82) is 0 Å². The monoisotopic (exact) mass is 302 g/mol. The Morgan fingerprint density at radius 3 is 2.55 bits per heavy atom. The van der Waals surface area contributed by atoms with Crippen LogP contribution < -0.4 is 0 Å². The van der Waals surface area contributed by atoms with Crippen molar-refractivity contribution < 1.29 is 9.84 Å². The lowest BCUT2D eigenvalue weighted by Gasteiger charge is -2.09. The Balaban J connectivity index is 1.95. The summed E-state index contributed by atoms with van der Waals surface area (Å²) >= 11 is 0. The molecule has 22 heavy (non-hydrogen) atoms. The fraction of sp³-hybridized carbons (Fsp3) is 0.600. The quantitative estimate of drug-likeness (QED) is 0.474. The molecule has 0 fully saturated rings. The molecule has 0 heterocycles. The van der Waals surface area contributed by atoms with E-state index in [0.29, 0.717) is 19.6 Å². The second-order valence-corrected chi connectivity index (χ2v) is 5.68. The summed E-state index contributed by atoms with van der Waals surface area (Å²) in [6, 6.07) is 10.1. The highest BCUT2D eigenvalue weighted by atomic mass is 16.5. The zero-order chi connectivity index (χ0) is 15.9. The molecule has 2 heteroatoms. The topological polar surface area (TPSA) is 29.5 Å². The van der Waals surface area contributed by atoms with Crippen LogP contribution in [-0.4, -0.2) is 17.8 Å². The summed E-state index contributed by atoms with van der Waals surface area (Å²) in [7, 11) is 0. The first-order valence-electron chi connectivity index (χ1n) is 8.58. The molecule has 0 radical (unpaired) electrons. The number of aliphatic hydroxyl groups is 1. The van der Waals surface area contributed by atoms with Crippen molar-refractivity contribution in [3.8, 4) is 11.8 Å². The van der Waals surface area contributed by atoms with Gasteiger partial charge in [-0.05, 0) is 24.8 Å². The van der Waals surface area contributed by atoms with Crippen LogP contribution in [0.2, 0.25) is 0 Å². The molecule has 2 nitrogen and oxygen atoms in total. The lowest BCUT2D eigenvalue weighted by atomic mass is 10.1. The summed E-state index contributed by atoms with van der Waals surface area (Å²) in [5.41, 5.74) is 1.17. The van der Waals surface area contributed by atoms with Crippen LogP contribution in [0.25, 0.3) is 0 Å². The van der Waals surface area contributed by atoms with Crippen molar-refractivity contribution in [3.63, 3.8) is 0 Å². The molecule has 0 saturated heterocycles. The molecule has 0 aliphatic carbocycles. The molecule has 0 unspecified atom stereocenters. The molecule has 0 bridgehead atoms. The zero-order valence-corrected chi connectivity index (χ0v) is 13.9. The summed E-state index contributed by atoms with van der Waals surface area (Å²) in [6.45, 7) is 3.43. The molecule has 1 atom stereocenters. The lowest BCUT2D eigenvalue weighted by Crippen LogP contribution is -2.10. The van der Waals surface area contributed by atoms with E-state index in [9.17, 15) is 5.11 Å². The molecule has 0 aromatic heterocycles. The molecule has 0 spiro atoms. The first-order valence-corrected chi connectivity index (χ1v) is 8.58. The van der Waals surface area contributed by atoms with Crippen molar-refractivity contribution in [3.05, 3.63) is 35.9 Å². The van der Waals surface area contributed by atoms with E-state index in [1.165, 1.54) is 31.2 Å². The highest BCUT2D eigenvalue weighted by Crippen LogP contribution is 2.05. The van der Waals surface area contributed by atoms with Crippen LogP contribution in [0.15, 0.2) is 30.3 Å². The summed E-state index contributed by atoms with van der Waals surface area (Å²) in [4.78, 5) is 0. The lowest BCUT2D eigenvalue weighted by molar-refractivity contribution is 0.0707. The molecular formula is C20H30O2. The van der Waals surface area contributed by atoms with E-state index in [2.05, 4.69) is 18.8 Å². The van der Waals surface area contributed by atoms with Gasteiger partial charge < -0.3 is 9.84 Å². The second-order valence-electron chi connectivity index (χ2n) is 5.68. The van der Waals surface area contributed by atoms with Crippen molar-refractivity contribution >= 4 is 0 Å². The third kappa shape index (κ3) is 10.4. The van der Waals surface area contributed by atoms with Gasteiger partial charge in [0.05, 0.1) is 12.7 Å². The van der Waals surface area contributed by atoms with E-state index in [-0.39, 0.29) is 6.10 Å². The predicted molar refractivity (Wildman–Crippen MR) is 92.5 cm³/mol. The smallest absolute Gasteiger partial charge is 0.0716 e. The van der Waals surface area contributed by atoms with Crippen LogP contribution in [0.4, 0.5) is 0 Å². The van der Waals surface area contributed by atoms with Gasteiger partial charge in [-0.25, -0.2) is 0 Å². The van der Waals surface area contributed by atoms with Gasteiger partial charge in [0.15, 0.2) is 0 Å². The Bertz CT molecular complexity index is 416. The van der Waals surface area contributed by atoms with Crippen LogP contribution in [0, 0.1) is 11.8 Å². The van der Waals surface area contributed by atoms with E-state index < -0.39 is 0 Å². The normalized spacial score (nSPS) is 11.7. The molecule has 0 aliphatic heterocycles. The van der Waals surface area contributed by atoms with Gasteiger partial charge in [0.1, 0.15) is 0 Å². The Hall–Kier alpha value is -1.30. The van der Waals surface area contributed by atoms with Crippen molar-refractivity contribution in [2.45, 2.75) is 71.0 Å². The summed E-state index contributed by atoms with van der Waals surface area (Å²) in [5, 5.41) is 9.87. The van der Waals surface area contributed by atoms with E-state index in [1.54, 1.807) is 0 Å². The van der Waals surface area contributed by atoms with E-state index in [1.807, 2.05) is 30.3 Å². The maximum Gasteiger partial charge on any atom is 0.0716 e. The number of hydrogen-bond donors (Lipinski definition) is 1. The SMILES string of the molecule is CCCCCCC#CCC[C@@H](O)CCOCc1ccccc1. The highest BCUT2D eigenvalue weighted by molar-refractivity contribution is 5.13. The van der Waals surface area contributed by atoms with Gasteiger partial charge in [0.25, 0.3) is 0 Å². The summed E-state index contributed by atoms with van der Waals surface area (Å²) in [5.74, 6) is 6.35. The van der Waals surface area contributed by atoms with Crippen LogP contribution in [0.3, 0.4) is 0 Å². The molecule has 0 aliphatic rings. The van der Waals surface area contributed by atoms with Crippen molar-refractivity contribution in [2.24, 2.45) is 0 Å². The van der Waals surface area contributed by atoms with Gasteiger partial charge in [0, 0.05) is 19.4 Å². The van der Waals surface area contributed by atoms with Crippen LogP contribution in [0.5, 0.6) is 0 Å². The Morgan fingerprint density at radius 2 is 1.77 bits per heavy atom. The minimum absolute atomic E-state index is 0.301. The first kappa shape index (κ1) is 18.7. The van der Waals surface area contributed by atoms with Crippen LogP contribution in [-0.2, 0) is 11.3 Å². The van der Waals surface area contributed by atoms with Gasteiger partial charge >= 0.3 is 0 Å². The Labute approximate surface area is 135 Å². The fourth-order valence-electron chi connectivity index (χ4n) is 2.18. The van der Waals surface area contributed by atoms with Gasteiger partial charge in [-0.3, -0.25) is 0 Å². The average molecular weight is 302 g/mol. The maximum atomic E-state index is 9.87. The number of unbranched alkanes of at least 4 members (excludes halogenated alkanes) is 4. The molecule has 0 saturated carbocycles. The maximum absolute atomic E-state index is 9.87. The zero-order valence-electron chi connectivity index (χ0n) is 13.9. The molecular weight excluding hydrogens is 272 g/mol. The Kier molecular flexibility index (Phi) is 11.4. The molecule has 1 aromatic carbocycles. The van der Waals surface area contributed by atoms with Crippen LogP contribution >= 0.6 is 0 Å². The number of benzene rings is 1. The summed E-state index contributed by atoms with van der Waals surface area (Å²) < 4.78 is 5.58. The number of aliphatic hydroxyl groups excluding tert-OH is 1. The van der Waals surface area contributed by atoms with Crippen LogP contribution in [0.1, 0.15) is 63.9 Å². The summed E-state index contributed by atoms with van der Waals surface area (Å²) in [6.07, 6.45) is 7.98. The van der Waals surface area contributed by atoms with E-state index in [0.717, 1.165) is 19.3 Å². The molecule has 0 amide bonds. The molecule has 1 aromatic rings. The molecule has 1 N–H and O–H groups in total. The largest absolute Gasteiger partial charge is 0.393 e. The number of hydrogen-bond acceptors (Lipinski definition) is 2. The number of ether oxygens (including phenoxy) is 1. The Morgan fingerprint density at radius 1 is 1.00 bits per heavy atom. The highest BCUT2D eigenvalue weighted by Gasteiger charge is 2.02. The average Bonchev–Trinajstić information content (AvgIpc) is 2.55. The third-order valence-electron chi connectivity index (χ3n) is 3.59. The number of rotatable bonds is 11. The van der Waals surface area contributed by atoms with E-state index in [4.69, 9.17) is 4.74 Å². The van der Waals surface area contributed by atoms with Gasteiger partial charge in [-0.1, -0.05) is 56.5 Å². The molecule has 1 rings (SSSR count). The van der Waals surface area contributed by atoms with E-state index >= 15 is 0 Å². The third-order valence-corrected chi connectivity index (χ3v) is 3.59. The van der Waals surface area contributed by atoms with Gasteiger partial charge in [-0.2, -0.15) is 0 Å². The molecule has 122 valence electrons. The van der Waals surface area contributed by atoms with Crippen molar-refractivity contribution in [2.75, 3.05) is 6.61 Å². The first-order chi connectivity index (χ1) is 10.8. The fourth-order valence-corrected chi connectivity index (χ4v) is 2.18. The standard InChI is InChI=1S/C20H30O2/c1-2-3-4-5-6-7-8-12-15-20(21)16-17-22-18-19-13-10-9-11-14-19/h9-11,13-14,20-21H,2-6,12,15-18H2,1H3/t20-/m1/s1. The van der Waals surface area contributed by atoms with Crippen molar-refractivity contribution in [1.82, 2.24) is 0 Å². The minimum Gasteiger partial charge on any atom is -0.393 e. The minimum atomic E-state index is -0.301. The van der Waals surface area contributed by atoms with Gasteiger partial charge in [-0.15, -0.1) is 11.8 Å².